The zero-order chi connectivity index (χ0) is 21.2. The number of hydrogen-bond donors (Lipinski definition) is 1. The molecule has 7 heteroatoms. The summed E-state index contributed by atoms with van der Waals surface area (Å²) in [5.41, 5.74) is 1.22. The van der Waals surface area contributed by atoms with Crippen molar-refractivity contribution in [2.24, 2.45) is 11.3 Å². The Morgan fingerprint density at radius 3 is 2.45 bits per heavy atom. The van der Waals surface area contributed by atoms with Crippen LogP contribution in [0.15, 0.2) is 12.1 Å². The fraction of sp³-hybridized carbons (Fsp3) is 0.727. The normalized spacial score (nSPS) is 30.2. The summed E-state index contributed by atoms with van der Waals surface area (Å²) in [5.74, 6) is 1.50. The summed E-state index contributed by atoms with van der Waals surface area (Å²) in [7, 11) is 4.85. The molecule has 0 amide bonds. The fourth-order valence-electron chi connectivity index (χ4n) is 5.13. The Bertz CT molecular complexity index is 705. The maximum absolute atomic E-state index is 10.9. The summed E-state index contributed by atoms with van der Waals surface area (Å²) >= 11 is 0. The van der Waals surface area contributed by atoms with E-state index in [1.54, 1.807) is 21.3 Å². The van der Waals surface area contributed by atoms with Gasteiger partial charge in [0.15, 0.2) is 18.3 Å². The number of hydrogen-bond acceptors (Lipinski definition) is 7. The molecule has 1 N–H and O–H groups in total. The lowest BCUT2D eigenvalue weighted by molar-refractivity contribution is -0.226. The quantitative estimate of drug-likeness (QED) is 0.661. The molecule has 0 unspecified atom stereocenters. The van der Waals surface area contributed by atoms with Crippen LogP contribution in [0, 0.1) is 11.3 Å². The van der Waals surface area contributed by atoms with Gasteiger partial charge in [0.2, 0.25) is 0 Å². The van der Waals surface area contributed by atoms with Gasteiger partial charge in [-0.2, -0.15) is 0 Å². The zero-order valence-electron chi connectivity index (χ0n) is 18.3. The molecule has 0 spiro atoms. The number of rotatable bonds is 8. The second-order valence-corrected chi connectivity index (χ2v) is 8.82. The molecule has 1 aliphatic carbocycles. The van der Waals surface area contributed by atoms with Crippen LogP contribution < -0.4 is 9.47 Å². The highest BCUT2D eigenvalue weighted by atomic mass is 16.7. The minimum atomic E-state index is -0.654. The summed E-state index contributed by atoms with van der Waals surface area (Å²) < 4.78 is 33.8. The Morgan fingerprint density at radius 1 is 1.07 bits per heavy atom. The van der Waals surface area contributed by atoms with Gasteiger partial charge in [0.25, 0.3) is 0 Å². The van der Waals surface area contributed by atoms with Gasteiger partial charge in [-0.25, -0.2) is 0 Å². The molecule has 0 aromatic heterocycles. The maximum atomic E-state index is 10.9. The van der Waals surface area contributed by atoms with Crippen molar-refractivity contribution in [3.63, 3.8) is 0 Å². The Kier molecular flexibility index (Phi) is 6.75. The van der Waals surface area contributed by atoms with E-state index >= 15 is 0 Å². The standard InChI is InChI=1S/C22H34O7/c1-21(2)18-9-15-7-14(11-24-4)8-17(27-12-25-5)19(15)29-22(18,3)10-16(23)20(21)28-13-26-6/h7-8,16,18,20,23H,9-13H2,1-6H3/t16-,18-,20-,22-/m1/s1. The topological polar surface area (TPSA) is 75.6 Å². The van der Waals surface area contributed by atoms with Crippen molar-refractivity contribution in [2.75, 3.05) is 34.9 Å². The third-order valence-corrected chi connectivity index (χ3v) is 6.29. The van der Waals surface area contributed by atoms with Crippen molar-refractivity contribution in [3.05, 3.63) is 23.3 Å². The van der Waals surface area contributed by atoms with Crippen LogP contribution in [0.2, 0.25) is 0 Å². The van der Waals surface area contributed by atoms with Gasteiger partial charge >= 0.3 is 0 Å². The largest absolute Gasteiger partial charge is 0.483 e. The van der Waals surface area contributed by atoms with E-state index in [9.17, 15) is 5.11 Å². The number of methoxy groups -OCH3 is 3. The van der Waals surface area contributed by atoms with Crippen molar-refractivity contribution in [3.8, 4) is 11.5 Å². The van der Waals surface area contributed by atoms with E-state index < -0.39 is 11.7 Å². The average Bonchev–Trinajstić information content (AvgIpc) is 2.65. The van der Waals surface area contributed by atoms with Crippen LogP contribution in [-0.4, -0.2) is 57.8 Å². The average molecular weight is 411 g/mol. The van der Waals surface area contributed by atoms with Crippen molar-refractivity contribution >= 4 is 0 Å². The van der Waals surface area contributed by atoms with Gasteiger partial charge in [-0.15, -0.1) is 0 Å². The third kappa shape index (κ3) is 4.25. The minimum Gasteiger partial charge on any atom is -0.483 e. The molecule has 0 saturated heterocycles. The number of ether oxygens (including phenoxy) is 6. The first kappa shape index (κ1) is 22.3. The van der Waals surface area contributed by atoms with E-state index in [0.29, 0.717) is 18.8 Å². The Labute approximate surface area is 173 Å². The first-order valence-corrected chi connectivity index (χ1v) is 10.0. The Balaban J connectivity index is 1.99. The first-order valence-electron chi connectivity index (χ1n) is 10.0. The van der Waals surface area contributed by atoms with Gasteiger partial charge in [-0.1, -0.05) is 13.8 Å². The number of fused-ring (bicyclic) bond motifs is 2. The highest BCUT2D eigenvalue weighted by molar-refractivity contribution is 5.52. The molecule has 1 aromatic rings. The van der Waals surface area contributed by atoms with E-state index in [1.807, 2.05) is 6.07 Å². The second-order valence-electron chi connectivity index (χ2n) is 8.82. The molecule has 2 aliphatic rings. The lowest BCUT2D eigenvalue weighted by Gasteiger charge is -2.57. The van der Waals surface area contributed by atoms with Crippen LogP contribution in [0.5, 0.6) is 11.5 Å². The summed E-state index contributed by atoms with van der Waals surface area (Å²) in [5, 5.41) is 10.9. The van der Waals surface area contributed by atoms with E-state index in [0.717, 1.165) is 23.3 Å². The van der Waals surface area contributed by atoms with Crippen LogP contribution in [0.25, 0.3) is 0 Å². The molecular weight excluding hydrogens is 376 g/mol. The van der Waals surface area contributed by atoms with E-state index in [2.05, 4.69) is 26.8 Å². The smallest absolute Gasteiger partial charge is 0.188 e. The number of benzene rings is 1. The molecule has 1 aliphatic heterocycles. The van der Waals surface area contributed by atoms with E-state index in [1.165, 1.54) is 0 Å². The van der Waals surface area contributed by atoms with Gasteiger partial charge in [-0.3, -0.25) is 0 Å². The Morgan fingerprint density at radius 2 is 1.79 bits per heavy atom. The van der Waals surface area contributed by atoms with Crippen LogP contribution in [0.4, 0.5) is 0 Å². The van der Waals surface area contributed by atoms with Crippen molar-refractivity contribution in [1.82, 2.24) is 0 Å². The van der Waals surface area contributed by atoms with Gasteiger partial charge in [0, 0.05) is 39.1 Å². The molecule has 0 bridgehead atoms. The molecule has 4 atom stereocenters. The first-order chi connectivity index (χ1) is 13.8. The highest BCUT2D eigenvalue weighted by Crippen LogP contribution is 2.55. The van der Waals surface area contributed by atoms with Crippen molar-refractivity contribution in [1.29, 1.82) is 0 Å². The van der Waals surface area contributed by atoms with Gasteiger partial charge in [-0.05, 0) is 36.6 Å². The predicted molar refractivity (Wildman–Crippen MR) is 107 cm³/mol. The number of aliphatic hydroxyl groups excluding tert-OH is 1. The summed E-state index contributed by atoms with van der Waals surface area (Å²) in [6, 6.07) is 4.05. The van der Waals surface area contributed by atoms with Crippen LogP contribution in [-0.2, 0) is 32.0 Å². The molecule has 1 fully saturated rings. The van der Waals surface area contributed by atoms with Crippen LogP contribution in [0.1, 0.15) is 38.3 Å². The van der Waals surface area contributed by atoms with E-state index in [-0.39, 0.29) is 31.0 Å². The summed E-state index contributed by atoms with van der Waals surface area (Å²) in [6.07, 6.45) is 0.272. The van der Waals surface area contributed by atoms with Gasteiger partial charge in [0.1, 0.15) is 12.4 Å². The Hall–Kier alpha value is -1.38. The molecule has 164 valence electrons. The highest BCUT2D eigenvalue weighted by Gasteiger charge is 2.59. The third-order valence-electron chi connectivity index (χ3n) is 6.29. The molecule has 1 heterocycles. The molecule has 0 radical (unpaired) electrons. The lowest BCUT2D eigenvalue weighted by atomic mass is 9.56. The molecule has 3 rings (SSSR count). The van der Waals surface area contributed by atoms with Crippen LogP contribution >= 0.6 is 0 Å². The van der Waals surface area contributed by atoms with Crippen LogP contribution in [0.3, 0.4) is 0 Å². The van der Waals surface area contributed by atoms with Gasteiger partial charge in [0.05, 0.1) is 18.8 Å². The summed E-state index contributed by atoms with van der Waals surface area (Å²) in [4.78, 5) is 0. The molecule has 1 aromatic carbocycles. The summed E-state index contributed by atoms with van der Waals surface area (Å²) in [6.45, 7) is 7.11. The van der Waals surface area contributed by atoms with Gasteiger partial charge < -0.3 is 33.5 Å². The molecule has 7 nitrogen and oxygen atoms in total. The van der Waals surface area contributed by atoms with E-state index in [4.69, 9.17) is 28.4 Å². The zero-order valence-corrected chi connectivity index (χ0v) is 18.3. The molecule has 29 heavy (non-hydrogen) atoms. The minimum absolute atomic E-state index is 0.132. The SMILES string of the molecule is COCOc1cc(COC)cc2c1O[C@]1(C)C[C@@H](O)[C@@H](OCOC)C(C)(C)[C@H]1C2. The second kappa shape index (κ2) is 8.78. The molecular formula is C22H34O7. The predicted octanol–water partition coefficient (Wildman–Crippen LogP) is 2.91. The maximum Gasteiger partial charge on any atom is 0.188 e. The van der Waals surface area contributed by atoms with Crippen molar-refractivity contribution in [2.45, 2.75) is 58.0 Å². The number of aliphatic hydroxyl groups is 1. The molecule has 1 saturated carbocycles. The fourth-order valence-corrected chi connectivity index (χ4v) is 5.13. The monoisotopic (exact) mass is 410 g/mol. The van der Waals surface area contributed by atoms with Crippen molar-refractivity contribution < 1.29 is 33.5 Å². The lowest BCUT2D eigenvalue weighted by Crippen LogP contribution is -2.64.